The molecule has 0 aliphatic carbocycles. The van der Waals surface area contributed by atoms with E-state index in [1.54, 1.807) is 0 Å². The van der Waals surface area contributed by atoms with Crippen LogP contribution < -0.4 is 17.2 Å². The monoisotopic (exact) mass is 354 g/mol. The van der Waals surface area contributed by atoms with Gasteiger partial charge in [-0.15, -0.1) is 0 Å². The Balaban J connectivity index is 3.52. The van der Waals surface area contributed by atoms with Gasteiger partial charge in [-0.1, -0.05) is 0 Å². The number of hydrogen-bond donors (Lipinski definition) is 3. The zero-order chi connectivity index (χ0) is 18.0. The summed E-state index contributed by atoms with van der Waals surface area (Å²) < 4.78 is 59.9. The maximum Gasteiger partial charge on any atom is 0.501 e. The van der Waals surface area contributed by atoms with E-state index in [4.69, 9.17) is 17.2 Å². The molecule has 0 saturated heterocycles. The van der Waals surface area contributed by atoms with Crippen molar-refractivity contribution < 1.29 is 26.5 Å². The van der Waals surface area contributed by atoms with Gasteiger partial charge in [0.2, 0.25) is 5.96 Å². The molecule has 1 rings (SSSR count). The van der Waals surface area contributed by atoms with Crippen LogP contribution in [0.3, 0.4) is 0 Å². The minimum absolute atomic E-state index is 0.213. The molecule has 6 N–H and O–H groups in total. The number of sulfone groups is 1. The first kappa shape index (κ1) is 18.1. The lowest BCUT2D eigenvalue weighted by Crippen LogP contribution is -2.26. The van der Waals surface area contributed by atoms with Crippen LogP contribution in [0.15, 0.2) is 33.1 Å². The third-order valence-electron chi connectivity index (χ3n) is 2.24. The minimum Gasteiger partial charge on any atom is -0.370 e. The molecule has 126 valence electrons. The second-order valence-electron chi connectivity index (χ2n) is 3.86. The average Bonchev–Trinajstić information content (AvgIpc) is 2.36. The second kappa shape index (κ2) is 6.07. The van der Waals surface area contributed by atoms with E-state index in [2.05, 4.69) is 9.98 Å². The summed E-state index contributed by atoms with van der Waals surface area (Å²) in [4.78, 5) is 15.1. The van der Waals surface area contributed by atoms with Crippen LogP contribution >= 0.6 is 0 Å². The summed E-state index contributed by atoms with van der Waals surface area (Å²) >= 11 is 0. The van der Waals surface area contributed by atoms with Crippen molar-refractivity contribution in [2.75, 3.05) is 0 Å². The maximum absolute atomic E-state index is 12.5. The molecule has 0 aliphatic rings. The molecule has 0 spiro atoms. The van der Waals surface area contributed by atoms with Crippen LogP contribution in [0.1, 0.15) is 0 Å². The van der Waals surface area contributed by atoms with E-state index in [0.29, 0.717) is 12.1 Å². The quantitative estimate of drug-likeness (QED) is 0.298. The third-order valence-corrected chi connectivity index (χ3v) is 3.72. The van der Waals surface area contributed by atoms with Crippen molar-refractivity contribution in [3.8, 4) is 0 Å². The molecule has 0 bridgehead atoms. The summed E-state index contributed by atoms with van der Waals surface area (Å²) in [5, 5.41) is 10.9. The predicted molar refractivity (Wildman–Crippen MR) is 73.4 cm³/mol. The molecule has 14 heteroatoms. The molecule has 0 atom stereocenters. The first-order valence-electron chi connectivity index (χ1n) is 5.40. The Bertz CT molecular complexity index is 798. The van der Waals surface area contributed by atoms with Gasteiger partial charge in [0.15, 0.2) is 5.96 Å². The number of guanidine groups is 2. The number of nitro benzene ring substituents is 1. The van der Waals surface area contributed by atoms with Crippen LogP contribution in [0.4, 0.5) is 24.5 Å². The predicted octanol–water partition coefficient (Wildman–Crippen LogP) is 0.108. The summed E-state index contributed by atoms with van der Waals surface area (Å²) in [6, 6.07) is 1.38. The smallest absolute Gasteiger partial charge is 0.370 e. The number of rotatable bonds is 3. The van der Waals surface area contributed by atoms with E-state index >= 15 is 0 Å². The summed E-state index contributed by atoms with van der Waals surface area (Å²) in [6.45, 7) is 0. The highest BCUT2D eigenvalue weighted by atomic mass is 32.2. The van der Waals surface area contributed by atoms with E-state index < -0.39 is 48.5 Å². The first-order valence-corrected chi connectivity index (χ1v) is 6.88. The number of benzene rings is 1. The van der Waals surface area contributed by atoms with Crippen molar-refractivity contribution >= 4 is 33.1 Å². The fourth-order valence-corrected chi connectivity index (χ4v) is 2.11. The summed E-state index contributed by atoms with van der Waals surface area (Å²) in [7, 11) is -5.75. The summed E-state index contributed by atoms with van der Waals surface area (Å²) in [5.41, 5.74) is 8.09. The first-order chi connectivity index (χ1) is 10.4. The van der Waals surface area contributed by atoms with E-state index in [-0.39, 0.29) is 6.07 Å². The van der Waals surface area contributed by atoms with Crippen molar-refractivity contribution in [3.63, 3.8) is 0 Å². The van der Waals surface area contributed by atoms with Crippen LogP contribution in [0.2, 0.25) is 0 Å². The van der Waals surface area contributed by atoms with Crippen molar-refractivity contribution in [2.45, 2.75) is 10.4 Å². The Hall–Kier alpha value is -2.90. The molecule has 0 saturated carbocycles. The number of hydrogen-bond acceptors (Lipinski definition) is 5. The molecule has 10 nitrogen and oxygen atoms in total. The molecule has 0 amide bonds. The maximum atomic E-state index is 12.5. The Morgan fingerprint density at radius 3 is 2.22 bits per heavy atom. The fraction of sp³-hybridized carbons (Fsp3) is 0.111. The SMILES string of the molecule is NC(N)=NC(N)=Nc1ccc(S(=O)(=O)C(F)(F)F)cc1[N+](=O)[O-]. The van der Waals surface area contributed by atoms with Crippen molar-refractivity contribution in [2.24, 2.45) is 27.2 Å². The number of nitrogens with zero attached hydrogens (tertiary/aromatic N) is 3. The van der Waals surface area contributed by atoms with E-state index in [1.165, 1.54) is 0 Å². The molecular formula is C9H9F3N6O4S. The molecular weight excluding hydrogens is 345 g/mol. The van der Waals surface area contributed by atoms with Crippen LogP contribution in [0.25, 0.3) is 0 Å². The highest BCUT2D eigenvalue weighted by Gasteiger charge is 2.47. The van der Waals surface area contributed by atoms with Gasteiger partial charge >= 0.3 is 5.51 Å². The third kappa shape index (κ3) is 4.06. The van der Waals surface area contributed by atoms with Crippen molar-refractivity contribution in [1.29, 1.82) is 0 Å². The Labute approximate surface area is 126 Å². The Kier molecular flexibility index (Phi) is 4.79. The van der Waals surface area contributed by atoms with Gasteiger partial charge in [0.1, 0.15) is 5.69 Å². The molecule has 0 unspecified atom stereocenters. The van der Waals surface area contributed by atoms with E-state index in [9.17, 15) is 31.7 Å². The molecule has 0 radical (unpaired) electrons. The largest absolute Gasteiger partial charge is 0.501 e. The van der Waals surface area contributed by atoms with Gasteiger partial charge < -0.3 is 17.2 Å². The minimum atomic E-state index is -5.75. The molecule has 0 aromatic heterocycles. The lowest BCUT2D eigenvalue weighted by atomic mass is 10.3. The number of alkyl halides is 3. The average molecular weight is 354 g/mol. The van der Waals surface area contributed by atoms with Gasteiger partial charge in [-0.3, -0.25) is 10.1 Å². The van der Waals surface area contributed by atoms with Crippen LogP contribution in [0, 0.1) is 10.1 Å². The molecule has 1 aromatic rings. The highest BCUT2D eigenvalue weighted by Crippen LogP contribution is 2.35. The van der Waals surface area contributed by atoms with Gasteiger partial charge in [-0.25, -0.2) is 13.4 Å². The van der Waals surface area contributed by atoms with Crippen LogP contribution in [-0.4, -0.2) is 30.8 Å². The zero-order valence-electron chi connectivity index (χ0n) is 11.0. The lowest BCUT2D eigenvalue weighted by molar-refractivity contribution is -0.384. The van der Waals surface area contributed by atoms with Crippen LogP contribution in [0.5, 0.6) is 0 Å². The Morgan fingerprint density at radius 1 is 1.22 bits per heavy atom. The topological polar surface area (TPSA) is 180 Å². The number of nitrogens with two attached hydrogens (primary N) is 3. The van der Waals surface area contributed by atoms with Gasteiger partial charge in [-0.2, -0.15) is 18.2 Å². The normalized spacial score (nSPS) is 12.7. The van der Waals surface area contributed by atoms with Gasteiger partial charge in [0.05, 0.1) is 9.82 Å². The molecule has 1 aromatic carbocycles. The summed E-state index contributed by atoms with van der Waals surface area (Å²) in [5.74, 6) is -1.12. The number of nitro groups is 1. The zero-order valence-corrected chi connectivity index (χ0v) is 11.8. The standard InChI is InChI=1S/C9H9F3N6O4S/c10-9(11,12)23(21,22)4-1-2-5(6(3-4)18(19)20)16-8(15)17-7(13)14/h1-3H,(H6,13,14,15,16,17). The fourth-order valence-electron chi connectivity index (χ4n) is 1.33. The highest BCUT2D eigenvalue weighted by molar-refractivity contribution is 7.92. The Morgan fingerprint density at radius 2 is 1.78 bits per heavy atom. The van der Waals surface area contributed by atoms with Gasteiger partial charge in [0, 0.05) is 6.07 Å². The van der Waals surface area contributed by atoms with Gasteiger partial charge in [-0.05, 0) is 12.1 Å². The number of aliphatic imine (C=N–C) groups is 2. The summed E-state index contributed by atoms with van der Waals surface area (Å²) in [6.07, 6.45) is 0. The molecule has 23 heavy (non-hydrogen) atoms. The molecule has 0 heterocycles. The lowest BCUT2D eigenvalue weighted by Gasteiger charge is -2.08. The second-order valence-corrected chi connectivity index (χ2v) is 5.80. The van der Waals surface area contributed by atoms with E-state index in [0.717, 1.165) is 0 Å². The number of halogens is 3. The molecule has 0 aliphatic heterocycles. The van der Waals surface area contributed by atoms with Gasteiger partial charge in [0.25, 0.3) is 15.5 Å². The molecule has 0 fully saturated rings. The van der Waals surface area contributed by atoms with Crippen molar-refractivity contribution in [3.05, 3.63) is 28.3 Å². The van der Waals surface area contributed by atoms with E-state index in [1.807, 2.05) is 0 Å². The van der Waals surface area contributed by atoms with Crippen molar-refractivity contribution in [1.82, 2.24) is 0 Å². The van der Waals surface area contributed by atoms with Crippen LogP contribution in [-0.2, 0) is 9.84 Å².